The zero-order valence-corrected chi connectivity index (χ0v) is 16.3. The molecule has 2 rings (SSSR count). The second-order valence-electron chi connectivity index (χ2n) is 6.13. The summed E-state index contributed by atoms with van der Waals surface area (Å²) in [7, 11) is -3.45. The average Bonchev–Trinajstić information content (AvgIpc) is 2.55. The molecule has 2 unspecified atom stereocenters. The van der Waals surface area contributed by atoms with Gasteiger partial charge in [-0.15, -0.1) is 0 Å². The molecule has 7 heteroatoms. The van der Waals surface area contributed by atoms with Crippen molar-refractivity contribution in [1.29, 1.82) is 0 Å². The van der Waals surface area contributed by atoms with Gasteiger partial charge in [-0.05, 0) is 30.2 Å². The van der Waals surface area contributed by atoms with Gasteiger partial charge < -0.3 is 15.3 Å². The Morgan fingerprint density at radius 1 is 1.12 bits per heavy atom. The third kappa shape index (κ3) is 6.74. The van der Waals surface area contributed by atoms with Crippen LogP contribution in [0.4, 0.5) is 0 Å². The van der Waals surface area contributed by atoms with Crippen molar-refractivity contribution >= 4 is 30.6 Å². The minimum Gasteiger partial charge on any atom is -0.391 e. The highest BCUT2D eigenvalue weighted by Crippen LogP contribution is 2.44. The Kier molecular flexibility index (Phi) is 7.51. The summed E-state index contributed by atoms with van der Waals surface area (Å²) in [4.78, 5) is 10.1. The van der Waals surface area contributed by atoms with Crippen LogP contribution in [0.15, 0.2) is 48.5 Å². The molecule has 3 atom stereocenters. The van der Waals surface area contributed by atoms with Crippen molar-refractivity contribution in [2.75, 3.05) is 12.7 Å². The van der Waals surface area contributed by atoms with Crippen molar-refractivity contribution in [1.82, 2.24) is 5.32 Å². The lowest BCUT2D eigenvalue weighted by atomic mass is 10.1. The van der Waals surface area contributed by atoms with E-state index in [2.05, 4.69) is 5.32 Å². The molecular formula is C18H22Cl2NO3P. The highest BCUT2D eigenvalue weighted by Gasteiger charge is 2.23. The van der Waals surface area contributed by atoms with Crippen LogP contribution < -0.4 is 5.32 Å². The summed E-state index contributed by atoms with van der Waals surface area (Å²) in [6.45, 7) is 2.13. The Bertz CT molecular complexity index is 742. The molecule has 0 spiro atoms. The summed E-state index contributed by atoms with van der Waals surface area (Å²) >= 11 is 11.9. The fourth-order valence-corrected chi connectivity index (χ4v) is 4.54. The molecule has 0 saturated heterocycles. The van der Waals surface area contributed by atoms with Crippen LogP contribution in [0.3, 0.4) is 0 Å². The molecule has 0 aliphatic heterocycles. The second kappa shape index (κ2) is 9.18. The van der Waals surface area contributed by atoms with Gasteiger partial charge in [-0.1, -0.05) is 59.6 Å². The maximum atomic E-state index is 12.3. The minimum atomic E-state index is -3.45. The molecule has 0 aliphatic rings. The molecule has 4 nitrogen and oxygen atoms in total. The first-order valence-electron chi connectivity index (χ1n) is 7.98. The molecule has 0 radical (unpaired) electrons. The summed E-state index contributed by atoms with van der Waals surface area (Å²) in [5, 5.41) is 14.2. The molecule has 2 aromatic rings. The molecule has 0 bridgehead atoms. The number of aliphatic hydroxyl groups excluding tert-OH is 1. The third-order valence-corrected chi connectivity index (χ3v) is 6.46. The first kappa shape index (κ1) is 20.4. The van der Waals surface area contributed by atoms with Gasteiger partial charge >= 0.3 is 0 Å². The fourth-order valence-electron chi connectivity index (χ4n) is 2.54. The van der Waals surface area contributed by atoms with Crippen LogP contribution in [-0.4, -0.2) is 28.8 Å². The van der Waals surface area contributed by atoms with Crippen molar-refractivity contribution in [3.05, 3.63) is 69.7 Å². The standard InChI is InChI=1S/C18H22Cl2NO3P/c1-13(15-7-8-17(19)18(20)9-15)21-10-16(22)12-25(23,24)11-14-5-3-2-4-6-14/h2-9,13,16,21-22H,10-12H2,1H3,(H,23,24)/t13?,16-/m1/s1. The molecule has 25 heavy (non-hydrogen) atoms. The van der Waals surface area contributed by atoms with Crippen LogP contribution >= 0.6 is 30.6 Å². The lowest BCUT2D eigenvalue weighted by molar-refractivity contribution is 0.186. The number of hydrogen-bond donors (Lipinski definition) is 3. The van der Waals surface area contributed by atoms with E-state index < -0.39 is 13.5 Å². The predicted molar refractivity (Wildman–Crippen MR) is 104 cm³/mol. The Morgan fingerprint density at radius 2 is 1.80 bits per heavy atom. The SMILES string of the molecule is CC(NC[C@@H](O)CP(=O)(O)Cc1ccccc1)c1ccc(Cl)c(Cl)c1. The van der Waals surface area contributed by atoms with Gasteiger partial charge in [0.1, 0.15) is 0 Å². The Morgan fingerprint density at radius 3 is 2.44 bits per heavy atom. The zero-order chi connectivity index (χ0) is 18.4. The lowest BCUT2D eigenvalue weighted by Crippen LogP contribution is -2.31. The summed E-state index contributed by atoms with van der Waals surface area (Å²) in [6.07, 6.45) is -0.999. The molecule has 0 heterocycles. The molecule has 0 saturated carbocycles. The quantitative estimate of drug-likeness (QED) is 0.570. The van der Waals surface area contributed by atoms with E-state index in [0.717, 1.165) is 11.1 Å². The van der Waals surface area contributed by atoms with E-state index in [1.165, 1.54) is 0 Å². The van der Waals surface area contributed by atoms with Crippen molar-refractivity contribution in [3.63, 3.8) is 0 Å². The van der Waals surface area contributed by atoms with Gasteiger partial charge in [0.2, 0.25) is 7.37 Å². The monoisotopic (exact) mass is 401 g/mol. The van der Waals surface area contributed by atoms with Crippen molar-refractivity contribution in [2.24, 2.45) is 0 Å². The summed E-state index contributed by atoms with van der Waals surface area (Å²) in [5.41, 5.74) is 1.72. The predicted octanol–water partition coefficient (Wildman–Crippen LogP) is 4.48. The van der Waals surface area contributed by atoms with Gasteiger partial charge in [0.15, 0.2) is 0 Å². The van der Waals surface area contributed by atoms with E-state index in [-0.39, 0.29) is 24.9 Å². The Hall–Kier alpha value is -0.870. The first-order chi connectivity index (χ1) is 11.8. The maximum Gasteiger partial charge on any atom is 0.207 e. The number of benzene rings is 2. The molecule has 136 valence electrons. The largest absolute Gasteiger partial charge is 0.391 e. The van der Waals surface area contributed by atoms with Gasteiger partial charge in [-0.3, -0.25) is 4.57 Å². The van der Waals surface area contributed by atoms with Crippen LogP contribution in [0.25, 0.3) is 0 Å². The molecule has 2 aromatic carbocycles. The van der Waals surface area contributed by atoms with E-state index >= 15 is 0 Å². The Labute approximate surface area is 158 Å². The van der Waals surface area contributed by atoms with E-state index in [9.17, 15) is 14.6 Å². The number of nitrogens with one attached hydrogen (secondary N) is 1. The van der Waals surface area contributed by atoms with Gasteiger partial charge in [0.05, 0.1) is 22.3 Å². The van der Waals surface area contributed by atoms with Gasteiger partial charge in [-0.25, -0.2) is 0 Å². The van der Waals surface area contributed by atoms with E-state index in [4.69, 9.17) is 23.2 Å². The van der Waals surface area contributed by atoms with E-state index in [1.807, 2.05) is 31.2 Å². The third-order valence-electron chi connectivity index (χ3n) is 3.87. The van der Waals surface area contributed by atoms with Gasteiger partial charge in [0, 0.05) is 18.7 Å². The number of rotatable bonds is 8. The summed E-state index contributed by atoms with van der Waals surface area (Å²) in [6, 6.07) is 14.4. The van der Waals surface area contributed by atoms with Crippen LogP contribution in [-0.2, 0) is 10.7 Å². The first-order valence-corrected chi connectivity index (χ1v) is 10.8. The molecule has 0 aliphatic carbocycles. The normalized spacial score (nSPS) is 16.2. The lowest BCUT2D eigenvalue weighted by Gasteiger charge is -2.20. The van der Waals surface area contributed by atoms with Crippen molar-refractivity contribution < 1.29 is 14.6 Å². The molecule has 3 N–H and O–H groups in total. The minimum absolute atomic E-state index is 0.0627. The summed E-state index contributed by atoms with van der Waals surface area (Å²) < 4.78 is 12.3. The van der Waals surface area contributed by atoms with Gasteiger partial charge in [0.25, 0.3) is 0 Å². The highest BCUT2D eigenvalue weighted by atomic mass is 35.5. The van der Waals surface area contributed by atoms with Crippen LogP contribution in [0, 0.1) is 0 Å². The summed E-state index contributed by atoms with van der Waals surface area (Å²) in [5.74, 6) is 0. The number of aliphatic hydroxyl groups is 1. The van der Waals surface area contributed by atoms with Crippen LogP contribution in [0.2, 0.25) is 10.0 Å². The molecule has 0 fully saturated rings. The molecule has 0 aromatic heterocycles. The highest BCUT2D eigenvalue weighted by molar-refractivity contribution is 7.57. The molecule has 0 amide bonds. The fraction of sp³-hybridized carbons (Fsp3) is 0.333. The van der Waals surface area contributed by atoms with Crippen LogP contribution in [0.1, 0.15) is 24.1 Å². The average molecular weight is 402 g/mol. The van der Waals surface area contributed by atoms with E-state index in [1.54, 1.807) is 24.3 Å². The van der Waals surface area contributed by atoms with Crippen molar-refractivity contribution in [2.45, 2.75) is 25.2 Å². The number of hydrogen-bond acceptors (Lipinski definition) is 3. The van der Waals surface area contributed by atoms with Crippen LogP contribution in [0.5, 0.6) is 0 Å². The topological polar surface area (TPSA) is 69.6 Å². The van der Waals surface area contributed by atoms with Gasteiger partial charge in [-0.2, -0.15) is 0 Å². The van der Waals surface area contributed by atoms with Crippen molar-refractivity contribution in [3.8, 4) is 0 Å². The maximum absolute atomic E-state index is 12.3. The van der Waals surface area contributed by atoms with E-state index in [0.29, 0.717) is 10.0 Å². The smallest absolute Gasteiger partial charge is 0.207 e. The number of halogens is 2. The second-order valence-corrected chi connectivity index (χ2v) is 9.32. The Balaban J connectivity index is 1.85. The zero-order valence-electron chi connectivity index (χ0n) is 13.9. The molecular weight excluding hydrogens is 380 g/mol.